The van der Waals surface area contributed by atoms with Gasteiger partial charge < -0.3 is 15.8 Å². The predicted molar refractivity (Wildman–Crippen MR) is 79.4 cm³/mol. The molecule has 0 aliphatic rings. The number of hydrogen-bond donors (Lipinski definition) is 3. The van der Waals surface area contributed by atoms with Crippen LogP contribution in [0.2, 0.25) is 0 Å². The van der Waals surface area contributed by atoms with Crippen molar-refractivity contribution in [1.29, 1.82) is 0 Å². The third-order valence-electron chi connectivity index (χ3n) is 3.39. The second-order valence-electron chi connectivity index (χ2n) is 4.91. The smallest absolute Gasteiger partial charge is 0.111 e. The summed E-state index contributed by atoms with van der Waals surface area (Å²) in [4.78, 5) is 7.89. The standard InChI is InChI=1S/C16H17N3O/c17-13(10-20)12-6-7-14-15(9-12)19-16(18-14)8-11-4-2-1-3-5-11/h1-7,9,13,20H,8,10,17H2,(H,18,19). The second-order valence-corrected chi connectivity index (χ2v) is 4.91. The Hall–Kier alpha value is -2.17. The van der Waals surface area contributed by atoms with Crippen LogP contribution < -0.4 is 5.73 Å². The van der Waals surface area contributed by atoms with E-state index in [0.717, 1.165) is 28.8 Å². The summed E-state index contributed by atoms with van der Waals surface area (Å²) in [6.45, 7) is -0.0590. The molecule has 1 heterocycles. The minimum absolute atomic E-state index is 0.0590. The van der Waals surface area contributed by atoms with Gasteiger partial charge in [0, 0.05) is 6.42 Å². The van der Waals surface area contributed by atoms with Gasteiger partial charge in [0.2, 0.25) is 0 Å². The Morgan fingerprint density at radius 2 is 1.95 bits per heavy atom. The quantitative estimate of drug-likeness (QED) is 0.678. The van der Waals surface area contributed by atoms with E-state index in [0.29, 0.717) is 0 Å². The lowest BCUT2D eigenvalue weighted by atomic mass is 10.1. The van der Waals surface area contributed by atoms with Crippen molar-refractivity contribution < 1.29 is 5.11 Å². The number of H-pyrrole nitrogens is 1. The van der Waals surface area contributed by atoms with Gasteiger partial charge in [-0.2, -0.15) is 0 Å². The van der Waals surface area contributed by atoms with E-state index in [9.17, 15) is 0 Å². The summed E-state index contributed by atoms with van der Waals surface area (Å²) < 4.78 is 0. The fraction of sp³-hybridized carbons (Fsp3) is 0.188. The molecule has 0 aliphatic heterocycles. The summed E-state index contributed by atoms with van der Waals surface area (Å²) in [7, 11) is 0. The molecule has 0 bridgehead atoms. The molecule has 1 unspecified atom stereocenters. The van der Waals surface area contributed by atoms with Gasteiger partial charge in [-0.05, 0) is 23.3 Å². The molecule has 3 aromatic rings. The van der Waals surface area contributed by atoms with Crippen LogP contribution in [0.1, 0.15) is 23.0 Å². The summed E-state index contributed by atoms with van der Waals surface area (Å²) in [6, 6.07) is 15.7. The average molecular weight is 267 g/mol. The molecule has 0 saturated heterocycles. The molecule has 0 spiro atoms. The maximum atomic E-state index is 9.11. The molecular formula is C16H17N3O. The van der Waals surface area contributed by atoms with E-state index in [1.54, 1.807) is 0 Å². The number of nitrogens with one attached hydrogen (secondary N) is 1. The molecule has 4 N–H and O–H groups in total. The molecule has 0 saturated carbocycles. The highest BCUT2D eigenvalue weighted by Crippen LogP contribution is 2.18. The first-order valence-corrected chi connectivity index (χ1v) is 6.65. The Labute approximate surface area is 117 Å². The van der Waals surface area contributed by atoms with Gasteiger partial charge in [0.05, 0.1) is 23.7 Å². The monoisotopic (exact) mass is 267 g/mol. The summed E-state index contributed by atoms with van der Waals surface area (Å²) in [5.74, 6) is 0.931. The van der Waals surface area contributed by atoms with E-state index in [1.165, 1.54) is 5.56 Å². The highest BCUT2D eigenvalue weighted by atomic mass is 16.3. The predicted octanol–water partition coefficient (Wildman–Crippen LogP) is 2.15. The molecular weight excluding hydrogens is 250 g/mol. The van der Waals surface area contributed by atoms with Crippen molar-refractivity contribution in [2.75, 3.05) is 6.61 Å². The van der Waals surface area contributed by atoms with Gasteiger partial charge in [0.1, 0.15) is 5.82 Å². The molecule has 20 heavy (non-hydrogen) atoms. The SMILES string of the molecule is NC(CO)c1ccc2nc(Cc3ccccc3)[nH]c2c1. The number of rotatable bonds is 4. The highest BCUT2D eigenvalue weighted by molar-refractivity contribution is 5.76. The summed E-state index contributed by atoms with van der Waals surface area (Å²) >= 11 is 0. The number of aliphatic hydroxyl groups is 1. The van der Waals surface area contributed by atoms with E-state index < -0.39 is 0 Å². The first-order chi connectivity index (χ1) is 9.76. The number of fused-ring (bicyclic) bond motifs is 1. The Kier molecular flexibility index (Phi) is 3.50. The number of aliphatic hydroxyl groups excluding tert-OH is 1. The van der Waals surface area contributed by atoms with Crippen LogP contribution in [0.3, 0.4) is 0 Å². The lowest BCUT2D eigenvalue weighted by Crippen LogP contribution is -2.14. The zero-order valence-corrected chi connectivity index (χ0v) is 11.1. The van der Waals surface area contributed by atoms with Crippen molar-refractivity contribution in [1.82, 2.24) is 9.97 Å². The summed E-state index contributed by atoms with van der Waals surface area (Å²) in [5.41, 5.74) is 9.84. The topological polar surface area (TPSA) is 74.9 Å². The van der Waals surface area contributed by atoms with Crippen LogP contribution in [0.4, 0.5) is 0 Å². The maximum absolute atomic E-state index is 9.11. The van der Waals surface area contributed by atoms with E-state index in [-0.39, 0.29) is 12.6 Å². The van der Waals surface area contributed by atoms with Crippen LogP contribution >= 0.6 is 0 Å². The largest absolute Gasteiger partial charge is 0.394 e. The van der Waals surface area contributed by atoms with Crippen molar-refractivity contribution in [2.45, 2.75) is 12.5 Å². The van der Waals surface area contributed by atoms with Crippen molar-refractivity contribution in [3.8, 4) is 0 Å². The maximum Gasteiger partial charge on any atom is 0.111 e. The van der Waals surface area contributed by atoms with Crippen LogP contribution in [0, 0.1) is 0 Å². The Morgan fingerprint density at radius 3 is 2.70 bits per heavy atom. The van der Waals surface area contributed by atoms with Crippen molar-refractivity contribution in [3.05, 3.63) is 65.5 Å². The zero-order chi connectivity index (χ0) is 13.9. The number of benzene rings is 2. The van der Waals surface area contributed by atoms with Gasteiger partial charge in [0.15, 0.2) is 0 Å². The first kappa shape index (κ1) is 12.8. The van der Waals surface area contributed by atoms with Crippen LogP contribution in [-0.2, 0) is 6.42 Å². The van der Waals surface area contributed by atoms with E-state index in [2.05, 4.69) is 22.1 Å². The zero-order valence-electron chi connectivity index (χ0n) is 11.1. The van der Waals surface area contributed by atoms with Gasteiger partial charge in [-0.3, -0.25) is 0 Å². The van der Waals surface area contributed by atoms with Crippen LogP contribution in [0.25, 0.3) is 11.0 Å². The number of nitrogens with zero attached hydrogens (tertiary/aromatic N) is 1. The van der Waals surface area contributed by atoms with Gasteiger partial charge in [-0.1, -0.05) is 36.4 Å². The van der Waals surface area contributed by atoms with Gasteiger partial charge in [0.25, 0.3) is 0 Å². The molecule has 102 valence electrons. The molecule has 0 fully saturated rings. The highest BCUT2D eigenvalue weighted by Gasteiger charge is 2.08. The van der Waals surface area contributed by atoms with E-state index in [1.807, 2.05) is 36.4 Å². The van der Waals surface area contributed by atoms with Gasteiger partial charge in [-0.25, -0.2) is 4.98 Å². The third kappa shape index (κ3) is 2.57. The normalized spacial score (nSPS) is 12.7. The number of nitrogens with two attached hydrogens (primary N) is 1. The van der Waals surface area contributed by atoms with E-state index in [4.69, 9.17) is 10.8 Å². The van der Waals surface area contributed by atoms with Crippen LogP contribution in [0.5, 0.6) is 0 Å². The Balaban J connectivity index is 1.90. The number of imidazole rings is 1. The van der Waals surface area contributed by atoms with Crippen LogP contribution in [0.15, 0.2) is 48.5 Å². The Morgan fingerprint density at radius 1 is 1.15 bits per heavy atom. The van der Waals surface area contributed by atoms with Crippen LogP contribution in [-0.4, -0.2) is 21.7 Å². The van der Waals surface area contributed by atoms with Gasteiger partial charge >= 0.3 is 0 Å². The fourth-order valence-electron chi connectivity index (χ4n) is 2.29. The van der Waals surface area contributed by atoms with E-state index >= 15 is 0 Å². The molecule has 1 aromatic heterocycles. The average Bonchev–Trinajstić information content (AvgIpc) is 2.88. The Bertz CT molecular complexity index is 706. The van der Waals surface area contributed by atoms with Crippen molar-refractivity contribution in [2.24, 2.45) is 5.73 Å². The number of aromatic nitrogens is 2. The molecule has 0 radical (unpaired) electrons. The molecule has 3 rings (SSSR count). The minimum Gasteiger partial charge on any atom is -0.394 e. The molecule has 4 nitrogen and oxygen atoms in total. The summed E-state index contributed by atoms with van der Waals surface area (Å²) in [5, 5.41) is 9.11. The van der Waals surface area contributed by atoms with Crippen molar-refractivity contribution >= 4 is 11.0 Å². The second kappa shape index (κ2) is 5.45. The third-order valence-corrected chi connectivity index (χ3v) is 3.39. The van der Waals surface area contributed by atoms with Crippen molar-refractivity contribution in [3.63, 3.8) is 0 Å². The molecule has 0 aliphatic carbocycles. The first-order valence-electron chi connectivity index (χ1n) is 6.65. The fourth-order valence-corrected chi connectivity index (χ4v) is 2.29. The lowest BCUT2D eigenvalue weighted by Gasteiger charge is -2.07. The lowest BCUT2D eigenvalue weighted by molar-refractivity contribution is 0.268. The summed E-state index contributed by atoms with van der Waals surface area (Å²) in [6.07, 6.45) is 0.775. The number of aromatic amines is 1. The van der Waals surface area contributed by atoms with Gasteiger partial charge in [-0.15, -0.1) is 0 Å². The number of hydrogen-bond acceptors (Lipinski definition) is 3. The molecule has 4 heteroatoms. The molecule has 2 aromatic carbocycles. The minimum atomic E-state index is -0.347. The molecule has 0 amide bonds. The molecule has 1 atom stereocenters.